The molecule has 78 valence electrons. The molecule has 0 spiro atoms. The van der Waals surface area contributed by atoms with E-state index in [9.17, 15) is 0 Å². The van der Waals surface area contributed by atoms with Gasteiger partial charge < -0.3 is 5.73 Å². The Morgan fingerprint density at radius 1 is 1.73 bits per heavy atom. The highest BCUT2D eigenvalue weighted by Crippen LogP contribution is 2.08. The van der Waals surface area contributed by atoms with E-state index in [0.717, 1.165) is 5.56 Å². The number of hydrogen-bond donors (Lipinski definition) is 1. The van der Waals surface area contributed by atoms with Gasteiger partial charge in [0, 0.05) is 12.6 Å². The summed E-state index contributed by atoms with van der Waals surface area (Å²) in [7, 11) is 0. The summed E-state index contributed by atoms with van der Waals surface area (Å²) in [4.78, 5) is 7.91. The maximum absolute atomic E-state index is 8.83. The van der Waals surface area contributed by atoms with Crippen molar-refractivity contribution in [1.29, 1.82) is 5.26 Å². The van der Waals surface area contributed by atoms with E-state index in [1.807, 2.05) is 6.07 Å². The van der Waals surface area contributed by atoms with Gasteiger partial charge in [-0.2, -0.15) is 5.26 Å². The first-order valence-corrected chi connectivity index (χ1v) is 4.79. The third-order valence-electron chi connectivity index (χ3n) is 1.73. The number of hydrogen-bond acceptors (Lipinski definition) is 3. The van der Waals surface area contributed by atoms with Crippen LogP contribution in [0.15, 0.2) is 23.3 Å². The standard InChI is InChI=1S/C10H11ClN4/c1-7(13)15-9(5-12)4-8-2-3-10(11)14-6-8/h2-3,6,9H,4H2,1H3,(H2,13,15). The predicted octanol–water partition coefficient (Wildman–Crippen LogP) is 1.55. The number of nitrogens with zero attached hydrogens (tertiary/aromatic N) is 3. The smallest absolute Gasteiger partial charge is 0.142 e. The van der Waals surface area contributed by atoms with Crippen molar-refractivity contribution in [2.45, 2.75) is 19.4 Å². The van der Waals surface area contributed by atoms with Gasteiger partial charge in [-0.15, -0.1) is 0 Å². The quantitative estimate of drug-likeness (QED) is 0.479. The van der Waals surface area contributed by atoms with Crippen LogP contribution in [-0.2, 0) is 6.42 Å². The Labute approximate surface area is 93.4 Å². The van der Waals surface area contributed by atoms with Gasteiger partial charge in [0.25, 0.3) is 0 Å². The summed E-state index contributed by atoms with van der Waals surface area (Å²) in [5, 5.41) is 9.27. The molecule has 1 heterocycles. The fourth-order valence-electron chi connectivity index (χ4n) is 1.12. The van der Waals surface area contributed by atoms with E-state index < -0.39 is 6.04 Å². The van der Waals surface area contributed by atoms with Crippen LogP contribution in [0.3, 0.4) is 0 Å². The minimum absolute atomic E-state index is 0.406. The number of nitrogens with two attached hydrogens (primary N) is 1. The van der Waals surface area contributed by atoms with Crippen LogP contribution in [0.1, 0.15) is 12.5 Å². The Bertz CT molecular complexity index is 387. The molecule has 0 aliphatic carbocycles. The minimum atomic E-state index is -0.460. The van der Waals surface area contributed by atoms with Gasteiger partial charge >= 0.3 is 0 Å². The number of amidine groups is 1. The Kier molecular flexibility index (Phi) is 4.07. The van der Waals surface area contributed by atoms with Crippen molar-refractivity contribution in [3.8, 4) is 6.07 Å². The number of nitriles is 1. The molecule has 0 saturated carbocycles. The first-order chi connectivity index (χ1) is 7.11. The third kappa shape index (κ3) is 3.96. The summed E-state index contributed by atoms with van der Waals surface area (Å²) in [6.07, 6.45) is 2.13. The topological polar surface area (TPSA) is 75.1 Å². The van der Waals surface area contributed by atoms with E-state index in [4.69, 9.17) is 22.6 Å². The Balaban J connectivity index is 2.72. The van der Waals surface area contributed by atoms with Crippen molar-refractivity contribution in [2.75, 3.05) is 0 Å². The second-order valence-electron chi connectivity index (χ2n) is 3.11. The van der Waals surface area contributed by atoms with Crippen LogP contribution in [-0.4, -0.2) is 16.9 Å². The monoisotopic (exact) mass is 222 g/mol. The first kappa shape index (κ1) is 11.5. The molecule has 1 rings (SSSR count). The number of rotatable bonds is 3. The third-order valence-corrected chi connectivity index (χ3v) is 1.95. The molecule has 0 aromatic carbocycles. The van der Waals surface area contributed by atoms with Gasteiger partial charge in [-0.1, -0.05) is 17.7 Å². The van der Waals surface area contributed by atoms with Crippen LogP contribution < -0.4 is 5.73 Å². The Hall–Kier alpha value is -1.60. The molecule has 0 amide bonds. The van der Waals surface area contributed by atoms with E-state index in [1.54, 1.807) is 19.2 Å². The summed E-state index contributed by atoms with van der Waals surface area (Å²) in [6.45, 7) is 1.66. The van der Waals surface area contributed by atoms with Crippen LogP contribution in [0.5, 0.6) is 0 Å². The van der Waals surface area contributed by atoms with Gasteiger partial charge in [-0.25, -0.2) is 4.98 Å². The zero-order chi connectivity index (χ0) is 11.3. The molecule has 0 radical (unpaired) electrons. The molecule has 0 fully saturated rings. The van der Waals surface area contributed by atoms with Crippen molar-refractivity contribution in [3.05, 3.63) is 29.0 Å². The van der Waals surface area contributed by atoms with E-state index in [2.05, 4.69) is 16.0 Å². The van der Waals surface area contributed by atoms with Crippen molar-refractivity contribution in [1.82, 2.24) is 4.98 Å². The lowest BCUT2D eigenvalue weighted by Crippen LogP contribution is -2.14. The number of pyridine rings is 1. The van der Waals surface area contributed by atoms with E-state index in [0.29, 0.717) is 17.4 Å². The van der Waals surface area contributed by atoms with Gasteiger partial charge in [0.15, 0.2) is 0 Å². The molecule has 1 atom stereocenters. The molecule has 1 aromatic heterocycles. The van der Waals surface area contributed by atoms with E-state index in [1.165, 1.54) is 0 Å². The molecule has 4 nitrogen and oxygen atoms in total. The van der Waals surface area contributed by atoms with E-state index >= 15 is 0 Å². The summed E-state index contributed by atoms with van der Waals surface area (Å²) in [5.74, 6) is 0.406. The zero-order valence-electron chi connectivity index (χ0n) is 8.31. The molecule has 0 bridgehead atoms. The van der Waals surface area contributed by atoms with Crippen molar-refractivity contribution in [3.63, 3.8) is 0 Å². The van der Waals surface area contributed by atoms with Crippen LogP contribution in [0, 0.1) is 11.3 Å². The predicted molar refractivity (Wildman–Crippen MR) is 59.6 cm³/mol. The van der Waals surface area contributed by atoms with Crippen molar-refractivity contribution < 1.29 is 0 Å². The second-order valence-corrected chi connectivity index (χ2v) is 3.50. The lowest BCUT2D eigenvalue weighted by molar-refractivity contribution is 0.818. The molecule has 5 heteroatoms. The first-order valence-electron chi connectivity index (χ1n) is 4.41. The average Bonchev–Trinajstić information content (AvgIpc) is 2.19. The van der Waals surface area contributed by atoms with Crippen LogP contribution in [0.25, 0.3) is 0 Å². The normalized spacial score (nSPS) is 13.3. The number of halogens is 1. The Morgan fingerprint density at radius 3 is 2.93 bits per heavy atom. The SMILES string of the molecule is CC(N)=NC(C#N)Cc1ccc(Cl)nc1. The molecule has 1 aromatic rings. The summed E-state index contributed by atoms with van der Waals surface area (Å²) < 4.78 is 0. The average molecular weight is 223 g/mol. The minimum Gasteiger partial charge on any atom is -0.388 e. The summed E-state index contributed by atoms with van der Waals surface area (Å²) >= 11 is 5.64. The molecule has 0 saturated heterocycles. The molecule has 2 N–H and O–H groups in total. The maximum Gasteiger partial charge on any atom is 0.142 e. The summed E-state index contributed by atoms with van der Waals surface area (Å²) in [5.41, 5.74) is 6.32. The molecular weight excluding hydrogens is 212 g/mol. The van der Waals surface area contributed by atoms with Gasteiger partial charge in [0.1, 0.15) is 11.2 Å². The molecule has 15 heavy (non-hydrogen) atoms. The van der Waals surface area contributed by atoms with Crippen LogP contribution in [0.2, 0.25) is 5.15 Å². The number of aromatic nitrogens is 1. The van der Waals surface area contributed by atoms with E-state index in [-0.39, 0.29) is 0 Å². The molecular formula is C10H11ClN4. The van der Waals surface area contributed by atoms with Gasteiger partial charge in [0.2, 0.25) is 0 Å². The molecule has 0 aliphatic heterocycles. The lowest BCUT2D eigenvalue weighted by atomic mass is 10.1. The fourth-order valence-corrected chi connectivity index (χ4v) is 1.23. The van der Waals surface area contributed by atoms with Crippen molar-refractivity contribution >= 4 is 17.4 Å². The zero-order valence-corrected chi connectivity index (χ0v) is 9.07. The van der Waals surface area contributed by atoms with Crippen LogP contribution >= 0.6 is 11.6 Å². The van der Waals surface area contributed by atoms with Gasteiger partial charge in [-0.3, -0.25) is 4.99 Å². The van der Waals surface area contributed by atoms with Crippen molar-refractivity contribution in [2.24, 2.45) is 10.7 Å². The molecule has 1 unspecified atom stereocenters. The highest BCUT2D eigenvalue weighted by molar-refractivity contribution is 6.29. The second kappa shape index (κ2) is 5.32. The lowest BCUT2D eigenvalue weighted by Gasteiger charge is -2.04. The Morgan fingerprint density at radius 2 is 2.47 bits per heavy atom. The highest BCUT2D eigenvalue weighted by atomic mass is 35.5. The summed E-state index contributed by atoms with van der Waals surface area (Å²) in [6, 6.07) is 5.11. The van der Waals surface area contributed by atoms with Gasteiger partial charge in [0.05, 0.1) is 11.9 Å². The van der Waals surface area contributed by atoms with Gasteiger partial charge in [-0.05, 0) is 18.6 Å². The van der Waals surface area contributed by atoms with Crippen LogP contribution in [0.4, 0.5) is 0 Å². The fraction of sp³-hybridized carbons (Fsp3) is 0.300. The maximum atomic E-state index is 8.83. The largest absolute Gasteiger partial charge is 0.388 e. The highest BCUT2D eigenvalue weighted by Gasteiger charge is 2.06. The molecule has 0 aliphatic rings. The number of aliphatic imine (C=N–C) groups is 1.